The molecule has 23 heavy (non-hydrogen) atoms. The lowest BCUT2D eigenvalue weighted by atomic mass is 10.2. The molecule has 6 nitrogen and oxygen atoms in total. The van der Waals surface area contributed by atoms with Gasteiger partial charge in [0.05, 0.1) is 7.11 Å². The maximum atomic E-state index is 9.72. The Hall–Kier alpha value is -2.67. The highest BCUT2D eigenvalue weighted by Crippen LogP contribution is 2.42. The van der Waals surface area contributed by atoms with E-state index >= 15 is 0 Å². The van der Waals surface area contributed by atoms with Crippen LogP contribution in [-0.2, 0) is 0 Å². The highest BCUT2D eigenvalue weighted by molar-refractivity contribution is 7.99. The lowest BCUT2D eigenvalue weighted by molar-refractivity contribution is 0.373. The quantitative estimate of drug-likeness (QED) is 0.771. The van der Waals surface area contributed by atoms with E-state index in [0.29, 0.717) is 5.75 Å². The molecule has 0 radical (unpaired) electrons. The van der Waals surface area contributed by atoms with Crippen molar-refractivity contribution in [1.82, 2.24) is 14.9 Å². The zero-order chi connectivity index (χ0) is 15.8. The van der Waals surface area contributed by atoms with Gasteiger partial charge in [0.1, 0.15) is 5.37 Å². The van der Waals surface area contributed by atoms with E-state index in [2.05, 4.69) is 15.6 Å². The Morgan fingerprint density at radius 3 is 2.78 bits per heavy atom. The second-order valence-electron chi connectivity index (χ2n) is 5.07. The van der Waals surface area contributed by atoms with Gasteiger partial charge in [0.2, 0.25) is 5.16 Å². The predicted octanol–water partition coefficient (Wildman–Crippen LogP) is 3.01. The van der Waals surface area contributed by atoms with Gasteiger partial charge >= 0.3 is 0 Å². The van der Waals surface area contributed by atoms with Gasteiger partial charge in [-0.1, -0.05) is 48.2 Å². The second-order valence-corrected chi connectivity index (χ2v) is 6.14. The molecule has 1 aliphatic heterocycles. The number of hydrogen-bond acceptors (Lipinski definition) is 6. The lowest BCUT2D eigenvalue weighted by Gasteiger charge is -2.13. The van der Waals surface area contributed by atoms with Gasteiger partial charge in [-0.05, 0) is 17.7 Å². The number of benzene rings is 2. The number of hydrogen-bond donors (Lipinski definition) is 2. The molecule has 0 amide bonds. The van der Waals surface area contributed by atoms with E-state index in [4.69, 9.17) is 4.74 Å². The molecule has 0 spiro atoms. The number of fused-ring (bicyclic) bond motifs is 1. The van der Waals surface area contributed by atoms with Crippen LogP contribution in [0.25, 0.3) is 11.4 Å². The van der Waals surface area contributed by atoms with Crippen molar-refractivity contribution >= 4 is 11.8 Å². The van der Waals surface area contributed by atoms with Gasteiger partial charge in [-0.2, -0.15) is 0 Å². The Bertz CT molecular complexity index is 851. The number of methoxy groups -OCH3 is 1. The number of aromatic nitrogens is 3. The summed E-state index contributed by atoms with van der Waals surface area (Å²) in [5.41, 5.74) is 5.38. The summed E-state index contributed by atoms with van der Waals surface area (Å²) >= 11 is 1.57. The molecule has 0 fully saturated rings. The Balaban J connectivity index is 1.65. The molecule has 2 heterocycles. The van der Waals surface area contributed by atoms with Crippen LogP contribution in [0.4, 0.5) is 0 Å². The van der Waals surface area contributed by atoms with Crippen LogP contribution in [0.3, 0.4) is 0 Å². The topological polar surface area (TPSA) is 72.2 Å². The number of ether oxygens (including phenoxy) is 1. The fraction of sp³-hybridized carbons (Fsp3) is 0.125. The lowest BCUT2D eigenvalue weighted by Crippen LogP contribution is -2.13. The van der Waals surface area contributed by atoms with Crippen LogP contribution < -0.4 is 10.2 Å². The molecule has 1 aromatic heterocycles. The number of nitrogens with zero attached hydrogens (tertiary/aromatic N) is 3. The maximum Gasteiger partial charge on any atom is 0.212 e. The number of aromatic hydroxyl groups is 1. The predicted molar refractivity (Wildman–Crippen MR) is 88.1 cm³/mol. The average Bonchev–Trinajstić information content (AvgIpc) is 3.16. The number of thioether (sulfide) groups is 1. The van der Waals surface area contributed by atoms with Crippen molar-refractivity contribution in [2.45, 2.75) is 10.5 Å². The Morgan fingerprint density at radius 2 is 2.00 bits per heavy atom. The summed E-state index contributed by atoms with van der Waals surface area (Å²) in [4.78, 5) is 0. The molecule has 0 saturated carbocycles. The highest BCUT2D eigenvalue weighted by Gasteiger charge is 2.28. The van der Waals surface area contributed by atoms with Crippen LogP contribution in [0, 0.1) is 0 Å². The fourth-order valence-electron chi connectivity index (χ4n) is 2.49. The smallest absolute Gasteiger partial charge is 0.212 e. The summed E-state index contributed by atoms with van der Waals surface area (Å²) in [5, 5.41) is 19.0. The van der Waals surface area contributed by atoms with Crippen molar-refractivity contribution in [3.8, 4) is 22.9 Å². The molecule has 0 aliphatic carbocycles. The average molecular weight is 326 g/mol. The van der Waals surface area contributed by atoms with Crippen molar-refractivity contribution in [2.24, 2.45) is 0 Å². The van der Waals surface area contributed by atoms with Gasteiger partial charge in [-0.15, -0.1) is 10.2 Å². The number of phenols is 1. The summed E-state index contributed by atoms with van der Waals surface area (Å²) < 4.78 is 7.07. The fourth-order valence-corrected chi connectivity index (χ4v) is 3.47. The van der Waals surface area contributed by atoms with E-state index in [0.717, 1.165) is 22.1 Å². The van der Waals surface area contributed by atoms with Crippen LogP contribution in [-0.4, -0.2) is 27.1 Å². The normalized spacial score (nSPS) is 16.0. The first kappa shape index (κ1) is 14.0. The van der Waals surface area contributed by atoms with Crippen molar-refractivity contribution in [3.63, 3.8) is 0 Å². The minimum atomic E-state index is -0.0162. The maximum absolute atomic E-state index is 9.72. The van der Waals surface area contributed by atoms with Crippen LogP contribution in [0.1, 0.15) is 10.9 Å². The van der Waals surface area contributed by atoms with Gasteiger partial charge < -0.3 is 15.3 Å². The number of rotatable bonds is 3. The monoisotopic (exact) mass is 326 g/mol. The van der Waals surface area contributed by atoms with Gasteiger partial charge in [0.25, 0.3) is 0 Å². The minimum absolute atomic E-state index is 0.0162. The molecule has 2 N–H and O–H groups in total. The Morgan fingerprint density at radius 1 is 1.17 bits per heavy atom. The molecular formula is C16H14N4O2S. The number of phenolic OH excluding ortho intramolecular Hbond substituents is 1. The second kappa shape index (κ2) is 5.51. The molecule has 1 aliphatic rings. The number of nitrogens with one attached hydrogen (secondary N) is 1. The molecule has 0 saturated heterocycles. The van der Waals surface area contributed by atoms with E-state index in [1.165, 1.54) is 7.11 Å². The molecule has 7 heteroatoms. The zero-order valence-electron chi connectivity index (χ0n) is 12.3. The van der Waals surface area contributed by atoms with E-state index in [-0.39, 0.29) is 11.1 Å². The van der Waals surface area contributed by atoms with Crippen molar-refractivity contribution in [3.05, 3.63) is 54.1 Å². The van der Waals surface area contributed by atoms with Gasteiger partial charge in [-0.25, -0.2) is 4.68 Å². The Kier molecular flexibility index (Phi) is 3.34. The zero-order valence-corrected chi connectivity index (χ0v) is 13.1. The van der Waals surface area contributed by atoms with Crippen molar-refractivity contribution in [2.75, 3.05) is 12.5 Å². The van der Waals surface area contributed by atoms with Crippen LogP contribution in [0.2, 0.25) is 0 Å². The van der Waals surface area contributed by atoms with Crippen LogP contribution in [0.5, 0.6) is 11.5 Å². The molecule has 3 aromatic rings. The standard InChI is InChI=1S/C16H14N4O2S/c1-22-13-9-11(7-8-12(13)21)15-19-20-14(17-18-16(20)23-15)10-5-3-2-4-6-10/h2-9,15,19,21H,1H3/t15-/m0/s1. The van der Waals surface area contributed by atoms with Crippen molar-refractivity contribution in [1.29, 1.82) is 0 Å². The van der Waals surface area contributed by atoms with E-state index in [1.54, 1.807) is 17.8 Å². The summed E-state index contributed by atoms with van der Waals surface area (Å²) in [6, 6.07) is 15.2. The Labute approximate surface area is 137 Å². The highest BCUT2D eigenvalue weighted by atomic mass is 32.2. The summed E-state index contributed by atoms with van der Waals surface area (Å²) in [5.74, 6) is 1.36. The van der Waals surface area contributed by atoms with E-state index < -0.39 is 0 Å². The van der Waals surface area contributed by atoms with Crippen LogP contribution >= 0.6 is 11.8 Å². The van der Waals surface area contributed by atoms with E-state index in [1.807, 2.05) is 47.1 Å². The largest absolute Gasteiger partial charge is 0.504 e. The SMILES string of the molecule is COc1cc([C@H]2Nn3c(nnc3-c3ccccc3)S2)ccc1O. The minimum Gasteiger partial charge on any atom is -0.504 e. The molecule has 116 valence electrons. The first-order valence-corrected chi connectivity index (χ1v) is 7.95. The third-order valence-electron chi connectivity index (χ3n) is 3.64. The molecule has 4 rings (SSSR count). The summed E-state index contributed by atoms with van der Waals surface area (Å²) in [6.45, 7) is 0. The van der Waals surface area contributed by atoms with Crippen LogP contribution in [0.15, 0.2) is 53.7 Å². The molecular weight excluding hydrogens is 312 g/mol. The third-order valence-corrected chi connectivity index (χ3v) is 4.73. The first-order valence-electron chi connectivity index (χ1n) is 7.07. The summed E-state index contributed by atoms with van der Waals surface area (Å²) in [6.07, 6.45) is 0. The first-order chi connectivity index (χ1) is 11.3. The van der Waals surface area contributed by atoms with Gasteiger partial charge in [-0.3, -0.25) is 0 Å². The van der Waals surface area contributed by atoms with Gasteiger partial charge in [0.15, 0.2) is 17.3 Å². The summed E-state index contributed by atoms with van der Waals surface area (Å²) in [7, 11) is 1.54. The molecule has 0 bridgehead atoms. The van der Waals surface area contributed by atoms with E-state index in [9.17, 15) is 5.11 Å². The van der Waals surface area contributed by atoms with Gasteiger partial charge in [0, 0.05) is 5.56 Å². The molecule has 2 aromatic carbocycles. The third kappa shape index (κ3) is 2.39. The van der Waals surface area contributed by atoms with Crippen molar-refractivity contribution < 1.29 is 9.84 Å². The molecule has 1 atom stereocenters. The molecule has 0 unspecified atom stereocenters.